The Hall–Kier alpha value is -3.40. The molecule has 1 unspecified atom stereocenters. The van der Waals surface area contributed by atoms with Crippen molar-refractivity contribution < 1.29 is 27.8 Å². The van der Waals surface area contributed by atoms with E-state index in [-0.39, 0.29) is 5.56 Å². The van der Waals surface area contributed by atoms with E-state index >= 15 is 0 Å². The predicted molar refractivity (Wildman–Crippen MR) is 120 cm³/mol. The van der Waals surface area contributed by atoms with Gasteiger partial charge in [-0.15, -0.1) is 0 Å². The summed E-state index contributed by atoms with van der Waals surface area (Å²) in [5.74, 6) is -1.84. The van der Waals surface area contributed by atoms with E-state index in [1.54, 1.807) is 17.7 Å². The third-order valence-corrected chi connectivity index (χ3v) is 5.94. The van der Waals surface area contributed by atoms with Crippen molar-refractivity contribution in [2.45, 2.75) is 38.9 Å². The van der Waals surface area contributed by atoms with Gasteiger partial charge in [-0.1, -0.05) is 12.1 Å². The van der Waals surface area contributed by atoms with Gasteiger partial charge in [0.05, 0.1) is 7.11 Å². The first-order valence-corrected chi connectivity index (χ1v) is 10.7. The Morgan fingerprint density at radius 2 is 1.97 bits per heavy atom. The molecule has 0 bridgehead atoms. The molecule has 0 aliphatic carbocycles. The van der Waals surface area contributed by atoms with Crippen LogP contribution >= 0.6 is 0 Å². The Morgan fingerprint density at radius 1 is 1.26 bits per heavy atom. The highest BCUT2D eigenvalue weighted by atomic mass is 19.4. The Labute approximate surface area is 194 Å². The van der Waals surface area contributed by atoms with Crippen LogP contribution in [-0.2, 0) is 17.6 Å². The van der Waals surface area contributed by atoms with E-state index in [0.29, 0.717) is 18.1 Å². The van der Waals surface area contributed by atoms with Crippen molar-refractivity contribution in [3.05, 3.63) is 75.3 Å². The highest BCUT2D eigenvalue weighted by Crippen LogP contribution is 2.31. The summed E-state index contributed by atoms with van der Waals surface area (Å²) in [6.07, 6.45) is -1.57. The molecular weight excluding hydrogens is 451 g/mol. The van der Waals surface area contributed by atoms with Gasteiger partial charge in [-0.05, 0) is 62.1 Å². The van der Waals surface area contributed by atoms with Gasteiger partial charge < -0.3 is 9.84 Å². The molecule has 0 saturated heterocycles. The molecule has 10 heteroatoms. The highest BCUT2D eigenvalue weighted by molar-refractivity contribution is 5.73. The second-order valence-corrected chi connectivity index (χ2v) is 7.99. The van der Waals surface area contributed by atoms with E-state index in [2.05, 4.69) is 28.9 Å². The zero-order valence-corrected chi connectivity index (χ0v) is 19.1. The normalized spacial score (nSPS) is 15.9. The Morgan fingerprint density at radius 3 is 2.62 bits per heavy atom. The molecule has 1 atom stereocenters. The van der Waals surface area contributed by atoms with Gasteiger partial charge in [-0.3, -0.25) is 14.1 Å². The second-order valence-electron chi connectivity index (χ2n) is 7.99. The van der Waals surface area contributed by atoms with Crippen molar-refractivity contribution >= 4 is 11.6 Å². The molecule has 2 aromatic heterocycles. The summed E-state index contributed by atoms with van der Waals surface area (Å²) in [4.78, 5) is 28.8. The lowest BCUT2D eigenvalue weighted by atomic mass is 9.93. The zero-order chi connectivity index (χ0) is 25.0. The maximum atomic E-state index is 12.9. The first kappa shape index (κ1) is 25.2. The van der Waals surface area contributed by atoms with Crippen molar-refractivity contribution in [2.75, 3.05) is 20.2 Å². The number of hydrogen-bond donors (Lipinski definition) is 1. The van der Waals surface area contributed by atoms with E-state index in [0.717, 1.165) is 36.5 Å². The molecule has 0 saturated carbocycles. The fraction of sp³-hybridized carbons (Fsp3) is 0.375. The molecule has 3 heterocycles. The van der Waals surface area contributed by atoms with Crippen LogP contribution in [0.5, 0.6) is 5.75 Å². The topological polar surface area (TPSA) is 84.1 Å². The minimum absolute atomic E-state index is 0.0490. The van der Waals surface area contributed by atoms with Crippen molar-refractivity contribution in [1.82, 2.24) is 14.3 Å². The number of pyridine rings is 1. The second kappa shape index (κ2) is 10.3. The minimum atomic E-state index is -5.08. The number of alkyl halides is 3. The van der Waals surface area contributed by atoms with E-state index < -0.39 is 12.1 Å². The van der Waals surface area contributed by atoms with Crippen LogP contribution in [0.2, 0.25) is 0 Å². The average Bonchev–Trinajstić information content (AvgIpc) is 2.79. The van der Waals surface area contributed by atoms with E-state index in [4.69, 9.17) is 14.6 Å². The van der Waals surface area contributed by atoms with Gasteiger partial charge in [0.25, 0.3) is 5.56 Å². The van der Waals surface area contributed by atoms with Crippen LogP contribution in [0.25, 0.3) is 5.65 Å². The fourth-order valence-corrected chi connectivity index (χ4v) is 4.07. The highest BCUT2D eigenvalue weighted by Gasteiger charge is 2.38. The van der Waals surface area contributed by atoms with Gasteiger partial charge in [-0.2, -0.15) is 13.2 Å². The lowest BCUT2D eigenvalue weighted by molar-refractivity contribution is -0.192. The van der Waals surface area contributed by atoms with Crippen LogP contribution in [0, 0.1) is 6.92 Å². The largest absolute Gasteiger partial charge is 0.497 e. The van der Waals surface area contributed by atoms with Crippen molar-refractivity contribution in [3.63, 3.8) is 0 Å². The van der Waals surface area contributed by atoms with Gasteiger partial charge in [0.2, 0.25) is 0 Å². The monoisotopic (exact) mass is 477 g/mol. The molecule has 1 aromatic carbocycles. The minimum Gasteiger partial charge on any atom is -0.497 e. The van der Waals surface area contributed by atoms with Crippen LogP contribution in [0.4, 0.5) is 13.2 Å². The number of nitrogens with zero attached hydrogens (tertiary/aromatic N) is 3. The summed E-state index contributed by atoms with van der Waals surface area (Å²) in [7, 11) is 1.71. The Balaban J connectivity index is 0.000000406. The lowest BCUT2D eigenvalue weighted by Crippen LogP contribution is -2.36. The molecular formula is C24H26F3N3O4. The summed E-state index contributed by atoms with van der Waals surface area (Å²) in [6.45, 7) is 6.01. The van der Waals surface area contributed by atoms with Crippen molar-refractivity contribution in [2.24, 2.45) is 0 Å². The molecule has 0 spiro atoms. The number of benzene rings is 1. The van der Waals surface area contributed by atoms with Crippen LogP contribution < -0.4 is 10.3 Å². The fourth-order valence-electron chi connectivity index (χ4n) is 4.07. The van der Waals surface area contributed by atoms with Gasteiger partial charge in [0, 0.05) is 36.6 Å². The smallest absolute Gasteiger partial charge is 0.490 e. The molecule has 7 nitrogen and oxygen atoms in total. The Bertz CT molecular complexity index is 1240. The summed E-state index contributed by atoms with van der Waals surface area (Å²) in [6, 6.07) is 12.3. The number of aryl methyl sites for hydroxylation is 1. The van der Waals surface area contributed by atoms with E-state index in [1.165, 1.54) is 11.1 Å². The van der Waals surface area contributed by atoms with Gasteiger partial charge in [-0.25, -0.2) is 9.78 Å². The molecule has 34 heavy (non-hydrogen) atoms. The summed E-state index contributed by atoms with van der Waals surface area (Å²) in [5.41, 5.74) is 5.12. The molecule has 1 aliphatic rings. The number of carboxylic acid groups (broad SMARTS) is 1. The number of hydrogen-bond acceptors (Lipinski definition) is 5. The quantitative estimate of drug-likeness (QED) is 0.615. The van der Waals surface area contributed by atoms with E-state index in [1.807, 2.05) is 31.2 Å². The first-order chi connectivity index (χ1) is 16.0. The summed E-state index contributed by atoms with van der Waals surface area (Å²) in [5, 5.41) is 7.12. The number of rotatable bonds is 4. The molecule has 4 rings (SSSR count). The number of carbonyl (C=O) groups is 1. The Kier molecular flexibility index (Phi) is 7.61. The number of halogens is 3. The van der Waals surface area contributed by atoms with E-state index in [9.17, 15) is 18.0 Å². The molecule has 3 aromatic rings. The van der Waals surface area contributed by atoms with Crippen LogP contribution in [0.1, 0.15) is 35.3 Å². The van der Waals surface area contributed by atoms with Crippen LogP contribution in [0.3, 0.4) is 0 Å². The number of methoxy groups -OCH3 is 1. The SMILES string of the molecule is COc1ccc2c(c1)CCN(CCc1c(C)nc3ccccn3c1=O)C2C.O=C(O)C(F)(F)F. The van der Waals surface area contributed by atoms with Crippen molar-refractivity contribution in [3.8, 4) is 5.75 Å². The molecule has 1 aliphatic heterocycles. The van der Waals surface area contributed by atoms with Gasteiger partial charge in [0.1, 0.15) is 11.4 Å². The van der Waals surface area contributed by atoms with Crippen LogP contribution in [-0.4, -0.2) is 51.7 Å². The third-order valence-electron chi connectivity index (χ3n) is 5.94. The maximum Gasteiger partial charge on any atom is 0.490 e. The first-order valence-electron chi connectivity index (χ1n) is 10.7. The number of aliphatic carboxylic acids is 1. The summed E-state index contributed by atoms with van der Waals surface area (Å²) < 4.78 is 38.7. The molecule has 182 valence electrons. The molecule has 0 radical (unpaired) electrons. The molecule has 0 amide bonds. The number of carboxylic acids is 1. The van der Waals surface area contributed by atoms with Gasteiger partial charge >= 0.3 is 12.1 Å². The zero-order valence-electron chi connectivity index (χ0n) is 19.1. The predicted octanol–water partition coefficient (Wildman–Crippen LogP) is 3.81. The lowest BCUT2D eigenvalue weighted by Gasteiger charge is -2.35. The average molecular weight is 477 g/mol. The van der Waals surface area contributed by atoms with Crippen LogP contribution in [0.15, 0.2) is 47.4 Å². The van der Waals surface area contributed by atoms with Gasteiger partial charge in [0.15, 0.2) is 0 Å². The summed E-state index contributed by atoms with van der Waals surface area (Å²) >= 11 is 0. The third kappa shape index (κ3) is 5.56. The standard InChI is InChI=1S/C22H25N3O2.C2HF3O2/c1-15-19(22(26)25-11-5-4-6-21(25)23-15)10-13-24-12-9-17-14-18(27-3)7-8-20(17)16(24)2;3-2(4,5)1(6)7/h4-8,11,14,16H,9-10,12-13H2,1-3H3;(H,6,7). The van der Waals surface area contributed by atoms with Crippen molar-refractivity contribution in [1.29, 1.82) is 0 Å². The number of ether oxygens (including phenoxy) is 1. The number of fused-ring (bicyclic) bond motifs is 2. The number of aromatic nitrogens is 2. The maximum absolute atomic E-state index is 12.9. The molecule has 1 N–H and O–H groups in total. The molecule has 0 fully saturated rings.